The quantitative estimate of drug-likeness (QED) is 0.597. The number of alkyl halides is 3. The van der Waals surface area contributed by atoms with Crippen LogP contribution in [-0.4, -0.2) is 14.5 Å². The van der Waals surface area contributed by atoms with Crippen molar-refractivity contribution >= 4 is 47.8 Å². The molecule has 0 aromatic rings. The van der Waals surface area contributed by atoms with E-state index < -0.39 is 0 Å². The maximum atomic E-state index is 3.75. The SMILES string of the molecule is BrC1[C@H]2CC[C@@H]1[C@@H](Br)[C@H]2Br. The van der Waals surface area contributed by atoms with Crippen molar-refractivity contribution in [3.8, 4) is 0 Å². The molecular weight excluding hydrogens is 324 g/mol. The smallest absolute Gasteiger partial charge is 0.0313 e. The molecule has 5 atom stereocenters. The molecule has 10 heavy (non-hydrogen) atoms. The Bertz CT molecular complexity index is 124. The molecule has 0 spiro atoms. The van der Waals surface area contributed by atoms with Gasteiger partial charge in [0, 0.05) is 14.5 Å². The predicted octanol–water partition coefficient (Wildman–Crippen LogP) is 3.32. The summed E-state index contributed by atoms with van der Waals surface area (Å²) in [5.41, 5.74) is 0. The zero-order valence-electron chi connectivity index (χ0n) is 5.43. The van der Waals surface area contributed by atoms with E-state index >= 15 is 0 Å². The molecule has 0 saturated heterocycles. The summed E-state index contributed by atoms with van der Waals surface area (Å²) < 4.78 is 0. The third-order valence-electron chi connectivity index (χ3n) is 2.77. The number of hydrogen-bond donors (Lipinski definition) is 0. The third-order valence-corrected chi connectivity index (χ3v) is 7.34. The number of hydrogen-bond acceptors (Lipinski definition) is 0. The van der Waals surface area contributed by atoms with Crippen LogP contribution in [0.15, 0.2) is 0 Å². The number of rotatable bonds is 0. The minimum Gasteiger partial charge on any atom is -0.0884 e. The predicted molar refractivity (Wildman–Crippen MR) is 54.4 cm³/mol. The highest BCUT2D eigenvalue weighted by Gasteiger charge is 2.51. The summed E-state index contributed by atoms with van der Waals surface area (Å²) >= 11 is 11.2. The second-order valence-corrected chi connectivity index (χ2v) is 6.41. The van der Waals surface area contributed by atoms with Gasteiger partial charge in [-0.1, -0.05) is 47.8 Å². The molecule has 2 aliphatic rings. The molecular formula is C7H9Br3. The van der Waals surface area contributed by atoms with Gasteiger partial charge in [-0.05, 0) is 24.7 Å². The van der Waals surface area contributed by atoms with E-state index in [9.17, 15) is 0 Å². The van der Waals surface area contributed by atoms with Crippen molar-refractivity contribution < 1.29 is 0 Å². The van der Waals surface area contributed by atoms with Crippen LogP contribution in [0.2, 0.25) is 0 Å². The lowest BCUT2D eigenvalue weighted by Crippen LogP contribution is -2.21. The summed E-state index contributed by atoms with van der Waals surface area (Å²) in [6.45, 7) is 0. The average molecular weight is 333 g/mol. The average Bonchev–Trinajstić information content (AvgIpc) is 2.34. The molecule has 2 rings (SSSR count). The molecule has 0 aliphatic heterocycles. The zero-order valence-corrected chi connectivity index (χ0v) is 10.2. The topological polar surface area (TPSA) is 0 Å². The van der Waals surface area contributed by atoms with Gasteiger partial charge in [0.25, 0.3) is 0 Å². The Labute approximate surface area is 86.5 Å². The molecule has 2 aliphatic carbocycles. The van der Waals surface area contributed by atoms with E-state index in [2.05, 4.69) is 47.8 Å². The number of fused-ring (bicyclic) bond motifs is 2. The van der Waals surface area contributed by atoms with Crippen LogP contribution in [0.5, 0.6) is 0 Å². The van der Waals surface area contributed by atoms with Crippen LogP contribution in [0.4, 0.5) is 0 Å². The summed E-state index contributed by atoms with van der Waals surface area (Å²) in [7, 11) is 0. The van der Waals surface area contributed by atoms with E-state index in [1.807, 2.05) is 0 Å². The van der Waals surface area contributed by atoms with Gasteiger partial charge >= 0.3 is 0 Å². The molecule has 2 fully saturated rings. The molecule has 58 valence electrons. The molecule has 3 heteroatoms. The summed E-state index contributed by atoms with van der Waals surface area (Å²) in [5.74, 6) is 1.74. The highest BCUT2D eigenvalue weighted by Crippen LogP contribution is 2.54. The standard InChI is InChI=1S/C7H9Br3/c8-5-3-1-2-4(5)7(10)6(3)9/h3-7H,1-2H2/t3-,4+,5?,6+,7-. The Balaban J connectivity index is 2.21. The number of halogens is 3. The zero-order chi connectivity index (χ0) is 7.30. The van der Waals surface area contributed by atoms with Crippen molar-refractivity contribution in [1.82, 2.24) is 0 Å². The van der Waals surface area contributed by atoms with Crippen LogP contribution in [0.3, 0.4) is 0 Å². The lowest BCUT2D eigenvalue weighted by atomic mass is 10.0. The van der Waals surface area contributed by atoms with Crippen LogP contribution >= 0.6 is 47.8 Å². The Morgan fingerprint density at radius 1 is 0.700 bits per heavy atom. The summed E-state index contributed by atoms with van der Waals surface area (Å²) in [5, 5.41) is 0. The molecule has 0 radical (unpaired) electrons. The Morgan fingerprint density at radius 2 is 1.10 bits per heavy atom. The first-order chi connectivity index (χ1) is 4.72. The van der Waals surface area contributed by atoms with Crippen LogP contribution in [0, 0.1) is 11.8 Å². The van der Waals surface area contributed by atoms with Crippen LogP contribution in [0.25, 0.3) is 0 Å². The Hall–Kier alpha value is 1.44. The monoisotopic (exact) mass is 330 g/mol. The molecule has 0 amide bonds. The van der Waals surface area contributed by atoms with Crippen molar-refractivity contribution in [2.24, 2.45) is 11.8 Å². The van der Waals surface area contributed by atoms with Gasteiger partial charge in [-0.3, -0.25) is 0 Å². The van der Waals surface area contributed by atoms with Crippen LogP contribution in [-0.2, 0) is 0 Å². The molecule has 0 aromatic heterocycles. The van der Waals surface area contributed by atoms with E-state index in [4.69, 9.17) is 0 Å². The van der Waals surface area contributed by atoms with Gasteiger partial charge in [0.15, 0.2) is 0 Å². The maximum Gasteiger partial charge on any atom is 0.0313 e. The van der Waals surface area contributed by atoms with E-state index in [1.54, 1.807) is 0 Å². The van der Waals surface area contributed by atoms with E-state index in [0.29, 0.717) is 9.65 Å². The van der Waals surface area contributed by atoms with Gasteiger partial charge in [-0.15, -0.1) is 0 Å². The first-order valence-electron chi connectivity index (χ1n) is 3.64. The second kappa shape index (κ2) is 2.74. The molecule has 0 nitrogen and oxygen atoms in total. The highest BCUT2D eigenvalue weighted by molar-refractivity contribution is 9.12. The van der Waals surface area contributed by atoms with Gasteiger partial charge in [-0.25, -0.2) is 0 Å². The van der Waals surface area contributed by atoms with E-state index in [-0.39, 0.29) is 0 Å². The lowest BCUT2D eigenvalue weighted by Gasteiger charge is -2.20. The Morgan fingerprint density at radius 3 is 1.30 bits per heavy atom. The van der Waals surface area contributed by atoms with Crippen molar-refractivity contribution in [3.05, 3.63) is 0 Å². The van der Waals surface area contributed by atoms with Gasteiger partial charge in [-0.2, -0.15) is 0 Å². The maximum absolute atomic E-state index is 3.75. The first kappa shape index (κ1) is 8.06. The molecule has 2 saturated carbocycles. The fourth-order valence-corrected chi connectivity index (χ4v) is 6.14. The summed E-state index contributed by atoms with van der Waals surface area (Å²) in [6, 6.07) is 0. The normalized spacial score (nSPS) is 59.7. The summed E-state index contributed by atoms with van der Waals surface area (Å²) in [6.07, 6.45) is 2.80. The molecule has 0 N–H and O–H groups in total. The lowest BCUT2D eigenvalue weighted by molar-refractivity contribution is 0.514. The first-order valence-corrected chi connectivity index (χ1v) is 6.38. The molecule has 1 unspecified atom stereocenters. The highest BCUT2D eigenvalue weighted by atomic mass is 79.9. The van der Waals surface area contributed by atoms with Crippen LogP contribution in [0.1, 0.15) is 12.8 Å². The Kier molecular flexibility index (Phi) is 2.20. The minimum atomic E-state index is 0.704. The molecule has 2 bridgehead atoms. The third kappa shape index (κ3) is 0.962. The van der Waals surface area contributed by atoms with Gasteiger partial charge in [0.1, 0.15) is 0 Å². The van der Waals surface area contributed by atoms with Crippen molar-refractivity contribution in [2.75, 3.05) is 0 Å². The van der Waals surface area contributed by atoms with Gasteiger partial charge in [0.2, 0.25) is 0 Å². The largest absolute Gasteiger partial charge is 0.0884 e. The van der Waals surface area contributed by atoms with E-state index in [0.717, 1.165) is 16.7 Å². The van der Waals surface area contributed by atoms with Crippen molar-refractivity contribution in [1.29, 1.82) is 0 Å². The van der Waals surface area contributed by atoms with E-state index in [1.165, 1.54) is 12.8 Å². The van der Waals surface area contributed by atoms with Gasteiger partial charge in [0.05, 0.1) is 0 Å². The molecule has 0 aromatic carbocycles. The fraction of sp³-hybridized carbons (Fsp3) is 1.00. The van der Waals surface area contributed by atoms with Crippen molar-refractivity contribution in [3.63, 3.8) is 0 Å². The van der Waals surface area contributed by atoms with Gasteiger partial charge < -0.3 is 0 Å². The van der Waals surface area contributed by atoms with Crippen LogP contribution < -0.4 is 0 Å². The van der Waals surface area contributed by atoms with Crippen molar-refractivity contribution in [2.45, 2.75) is 27.3 Å². The minimum absolute atomic E-state index is 0.704. The summed E-state index contributed by atoms with van der Waals surface area (Å²) in [4.78, 5) is 2.17. The second-order valence-electron chi connectivity index (χ2n) is 3.24. The molecule has 0 heterocycles. The fourth-order valence-electron chi connectivity index (χ4n) is 2.16.